The Hall–Kier alpha value is -1.58. The van der Waals surface area contributed by atoms with Gasteiger partial charge in [-0.1, -0.05) is 13.8 Å². The van der Waals surface area contributed by atoms with Crippen molar-refractivity contribution in [2.45, 2.75) is 26.7 Å². The van der Waals surface area contributed by atoms with Gasteiger partial charge in [0.15, 0.2) is 0 Å². The molecule has 0 fully saturated rings. The van der Waals surface area contributed by atoms with Gasteiger partial charge in [0.2, 0.25) is 0 Å². The number of hydrogen-bond donors (Lipinski definition) is 1. The lowest BCUT2D eigenvalue weighted by molar-refractivity contribution is 0.0756. The maximum atomic E-state index is 12.4. The van der Waals surface area contributed by atoms with Crippen LogP contribution in [0.3, 0.4) is 0 Å². The molecule has 0 spiro atoms. The van der Waals surface area contributed by atoms with Gasteiger partial charge in [0.05, 0.1) is 5.56 Å². The van der Waals surface area contributed by atoms with Crippen molar-refractivity contribution in [1.82, 2.24) is 9.88 Å². The molecule has 0 aromatic carbocycles. The van der Waals surface area contributed by atoms with Gasteiger partial charge in [-0.15, -0.1) is 0 Å². The van der Waals surface area contributed by atoms with Gasteiger partial charge < -0.3 is 10.2 Å². The van der Waals surface area contributed by atoms with Crippen molar-refractivity contribution < 1.29 is 4.79 Å². The molecule has 0 unspecified atom stereocenters. The third-order valence-electron chi connectivity index (χ3n) is 2.60. The number of aromatic nitrogens is 1. The van der Waals surface area contributed by atoms with Crippen LogP contribution < -0.4 is 5.32 Å². The van der Waals surface area contributed by atoms with E-state index in [9.17, 15) is 4.79 Å². The molecular weight excluding hydrogens is 214 g/mol. The Morgan fingerprint density at radius 1 is 1.35 bits per heavy atom. The Morgan fingerprint density at radius 3 is 2.53 bits per heavy atom. The number of rotatable bonds is 6. The van der Waals surface area contributed by atoms with Crippen LogP contribution in [0.25, 0.3) is 0 Å². The van der Waals surface area contributed by atoms with E-state index in [1.54, 1.807) is 12.4 Å². The minimum atomic E-state index is 0.0613. The Labute approximate surface area is 103 Å². The molecule has 0 saturated carbocycles. The summed E-state index contributed by atoms with van der Waals surface area (Å²) < 4.78 is 0. The third-order valence-corrected chi connectivity index (χ3v) is 2.60. The predicted octanol–water partition coefficient (Wildman–Crippen LogP) is 2.39. The molecule has 17 heavy (non-hydrogen) atoms. The van der Waals surface area contributed by atoms with E-state index in [-0.39, 0.29) is 5.91 Å². The first-order valence-corrected chi connectivity index (χ1v) is 6.15. The predicted molar refractivity (Wildman–Crippen MR) is 70.3 cm³/mol. The number of hydrogen-bond acceptors (Lipinski definition) is 3. The van der Waals surface area contributed by atoms with Gasteiger partial charge in [-0.3, -0.25) is 9.78 Å². The minimum Gasteiger partial charge on any atom is -0.387 e. The van der Waals surface area contributed by atoms with Crippen LogP contribution in [0.15, 0.2) is 18.5 Å². The topological polar surface area (TPSA) is 45.2 Å². The summed E-state index contributed by atoms with van der Waals surface area (Å²) in [5.74, 6) is 0.0613. The lowest BCUT2D eigenvalue weighted by Gasteiger charge is -2.22. The molecule has 1 amide bonds. The van der Waals surface area contributed by atoms with Gasteiger partial charge >= 0.3 is 0 Å². The number of carbonyl (C=O) groups is 1. The van der Waals surface area contributed by atoms with Gasteiger partial charge in [0.25, 0.3) is 5.91 Å². The summed E-state index contributed by atoms with van der Waals surface area (Å²) in [5.41, 5.74) is 1.49. The van der Waals surface area contributed by atoms with Crippen LogP contribution in [0.5, 0.6) is 0 Å². The van der Waals surface area contributed by atoms with E-state index in [0.717, 1.165) is 31.6 Å². The molecule has 0 saturated heterocycles. The van der Waals surface area contributed by atoms with E-state index in [4.69, 9.17) is 0 Å². The van der Waals surface area contributed by atoms with E-state index >= 15 is 0 Å². The standard InChI is InChI=1S/C13H21N3O/c1-4-8-16(9-5-2)13(17)11-10-15-7-6-12(11)14-3/h6-7,10H,4-5,8-9H2,1-3H3,(H,14,15). The summed E-state index contributed by atoms with van der Waals surface area (Å²) in [6, 6.07) is 1.82. The molecule has 1 aromatic heterocycles. The summed E-state index contributed by atoms with van der Waals surface area (Å²) in [4.78, 5) is 18.3. The zero-order chi connectivity index (χ0) is 12.7. The smallest absolute Gasteiger partial charge is 0.257 e. The Balaban J connectivity index is 2.92. The maximum absolute atomic E-state index is 12.4. The number of pyridine rings is 1. The summed E-state index contributed by atoms with van der Waals surface area (Å²) in [5, 5.41) is 3.03. The van der Waals surface area contributed by atoms with E-state index in [1.807, 2.05) is 18.0 Å². The average molecular weight is 235 g/mol. The number of anilines is 1. The molecular formula is C13H21N3O. The van der Waals surface area contributed by atoms with E-state index in [1.165, 1.54) is 0 Å². The van der Waals surface area contributed by atoms with Crippen LogP contribution in [0.4, 0.5) is 5.69 Å². The monoisotopic (exact) mass is 235 g/mol. The Morgan fingerprint density at radius 2 is 2.00 bits per heavy atom. The van der Waals surface area contributed by atoms with Gasteiger partial charge in [-0.25, -0.2) is 0 Å². The molecule has 0 aliphatic heterocycles. The highest BCUT2D eigenvalue weighted by molar-refractivity contribution is 5.99. The normalized spacial score (nSPS) is 10.1. The number of nitrogens with zero attached hydrogens (tertiary/aromatic N) is 2. The van der Waals surface area contributed by atoms with Crippen LogP contribution >= 0.6 is 0 Å². The van der Waals surface area contributed by atoms with Crippen molar-refractivity contribution in [3.05, 3.63) is 24.0 Å². The number of carbonyl (C=O) groups excluding carboxylic acids is 1. The lowest BCUT2D eigenvalue weighted by atomic mass is 10.2. The maximum Gasteiger partial charge on any atom is 0.257 e. The molecule has 0 bridgehead atoms. The number of nitrogens with one attached hydrogen (secondary N) is 1. The van der Waals surface area contributed by atoms with Crippen molar-refractivity contribution in [2.24, 2.45) is 0 Å². The van der Waals surface area contributed by atoms with Crippen LogP contribution in [0.1, 0.15) is 37.0 Å². The van der Waals surface area contributed by atoms with Gasteiger partial charge in [0, 0.05) is 38.2 Å². The molecule has 0 aliphatic carbocycles. The Bertz CT molecular complexity index is 359. The second-order valence-electron chi connectivity index (χ2n) is 3.96. The molecule has 0 atom stereocenters. The molecule has 0 radical (unpaired) electrons. The van der Waals surface area contributed by atoms with Gasteiger partial charge in [-0.05, 0) is 18.9 Å². The summed E-state index contributed by atoms with van der Waals surface area (Å²) in [6.07, 6.45) is 5.26. The van der Waals surface area contributed by atoms with Gasteiger partial charge in [0.1, 0.15) is 0 Å². The van der Waals surface area contributed by atoms with E-state index in [2.05, 4.69) is 24.1 Å². The first-order valence-electron chi connectivity index (χ1n) is 6.15. The highest BCUT2D eigenvalue weighted by Gasteiger charge is 2.17. The van der Waals surface area contributed by atoms with Crippen molar-refractivity contribution in [2.75, 3.05) is 25.5 Å². The summed E-state index contributed by atoms with van der Waals surface area (Å²) in [6.45, 7) is 5.76. The molecule has 1 heterocycles. The molecule has 94 valence electrons. The highest BCUT2D eigenvalue weighted by Crippen LogP contribution is 2.15. The van der Waals surface area contributed by atoms with Gasteiger partial charge in [-0.2, -0.15) is 0 Å². The fourth-order valence-corrected chi connectivity index (χ4v) is 1.81. The fraction of sp³-hybridized carbons (Fsp3) is 0.538. The average Bonchev–Trinajstić information content (AvgIpc) is 2.37. The molecule has 0 aliphatic rings. The lowest BCUT2D eigenvalue weighted by Crippen LogP contribution is -2.33. The first-order chi connectivity index (χ1) is 8.24. The second-order valence-corrected chi connectivity index (χ2v) is 3.96. The molecule has 4 nitrogen and oxygen atoms in total. The minimum absolute atomic E-state index is 0.0613. The zero-order valence-corrected chi connectivity index (χ0v) is 10.9. The van der Waals surface area contributed by atoms with E-state index in [0.29, 0.717) is 5.56 Å². The van der Waals surface area contributed by atoms with Crippen LogP contribution in [0.2, 0.25) is 0 Å². The van der Waals surface area contributed by atoms with Crippen LogP contribution in [-0.2, 0) is 0 Å². The third kappa shape index (κ3) is 3.44. The second kappa shape index (κ2) is 6.89. The number of amides is 1. The SMILES string of the molecule is CCCN(CCC)C(=O)c1cnccc1NC. The first kappa shape index (κ1) is 13.5. The van der Waals surface area contributed by atoms with Crippen LogP contribution in [0, 0.1) is 0 Å². The summed E-state index contributed by atoms with van der Waals surface area (Å²) in [7, 11) is 1.82. The van der Waals surface area contributed by atoms with E-state index < -0.39 is 0 Å². The van der Waals surface area contributed by atoms with Crippen LogP contribution in [-0.4, -0.2) is 35.9 Å². The highest BCUT2D eigenvalue weighted by atomic mass is 16.2. The fourth-order valence-electron chi connectivity index (χ4n) is 1.81. The largest absolute Gasteiger partial charge is 0.387 e. The zero-order valence-electron chi connectivity index (χ0n) is 10.9. The van der Waals surface area contributed by atoms with Crippen molar-refractivity contribution >= 4 is 11.6 Å². The quantitative estimate of drug-likeness (QED) is 0.823. The Kier molecular flexibility index (Phi) is 5.46. The van der Waals surface area contributed by atoms with Crippen molar-refractivity contribution in [1.29, 1.82) is 0 Å². The molecule has 1 rings (SSSR count). The molecule has 1 N–H and O–H groups in total. The summed E-state index contributed by atoms with van der Waals surface area (Å²) >= 11 is 0. The molecule has 1 aromatic rings. The van der Waals surface area contributed by atoms with Crippen molar-refractivity contribution in [3.8, 4) is 0 Å². The molecule has 4 heteroatoms. The van der Waals surface area contributed by atoms with Crippen molar-refractivity contribution in [3.63, 3.8) is 0 Å².